The first kappa shape index (κ1) is 14.5. The lowest BCUT2D eigenvalue weighted by atomic mass is 10.1. The average molecular weight is 198 g/mol. The highest BCUT2D eigenvalue weighted by Crippen LogP contribution is 2.02. The van der Waals surface area contributed by atoms with Crippen LogP contribution in [0.15, 0.2) is 0 Å². The van der Waals surface area contributed by atoms with Crippen LogP contribution in [0.1, 0.15) is 19.8 Å². The number of ketones is 1. The van der Waals surface area contributed by atoms with Gasteiger partial charge in [-0.3, -0.25) is 9.74 Å². The van der Waals surface area contributed by atoms with Gasteiger partial charge in [0.1, 0.15) is 0 Å². The van der Waals surface area contributed by atoms with Crippen molar-refractivity contribution in [2.45, 2.75) is 25.9 Å². The van der Waals surface area contributed by atoms with E-state index in [0.717, 1.165) is 7.11 Å². The Labute approximate surface area is 74.4 Å². The molecule has 6 heteroatoms. The van der Waals surface area contributed by atoms with Crippen LogP contribution in [0.2, 0.25) is 0 Å². The minimum absolute atomic E-state index is 0.0870. The van der Waals surface area contributed by atoms with E-state index in [4.69, 9.17) is 5.11 Å². The third-order valence-corrected chi connectivity index (χ3v) is 1.06. The molecule has 0 saturated heterocycles. The molecule has 0 fully saturated rings. The molecule has 1 N–H and O–H groups in total. The number of Topliss-reactive ketones (excluding diaryl/α,β-unsaturated/α-hetero) is 1. The largest absolute Gasteiger partial charge is 0.400 e. The van der Waals surface area contributed by atoms with Gasteiger partial charge in [0.05, 0.1) is 0 Å². The molecule has 0 aromatic heterocycles. The quantitative estimate of drug-likeness (QED) is 0.676. The van der Waals surface area contributed by atoms with Crippen LogP contribution in [-0.4, -0.2) is 30.1 Å². The van der Waals surface area contributed by atoms with Crippen LogP contribution in [-0.2, 0) is 14.5 Å². The Balaban J connectivity index is 0. The van der Waals surface area contributed by atoms with Gasteiger partial charge in [0, 0.05) is 18.1 Å². The minimum atomic E-state index is -2.47. The summed E-state index contributed by atoms with van der Waals surface area (Å²) in [4.78, 5) is 23.1. The van der Waals surface area contributed by atoms with Crippen LogP contribution in [0.4, 0.5) is 8.92 Å². The standard InChI is InChI=1S/C6H8F2O3.CH4O/c1-2-3-4(9)5(7)6(10)11-8;1-2/h5H,2-3H2,1H3;2H,1H3. The van der Waals surface area contributed by atoms with Gasteiger partial charge in [-0.15, -0.1) is 0 Å². The normalized spacial score (nSPS) is 10.8. The molecule has 78 valence electrons. The topological polar surface area (TPSA) is 63.6 Å². The number of aliphatic hydroxyl groups is 1. The zero-order valence-corrected chi connectivity index (χ0v) is 7.42. The maximum absolute atomic E-state index is 12.3. The van der Waals surface area contributed by atoms with Crippen molar-refractivity contribution in [2.75, 3.05) is 7.11 Å². The lowest BCUT2D eigenvalue weighted by Crippen LogP contribution is -2.25. The number of halogens is 2. The maximum atomic E-state index is 12.3. The van der Waals surface area contributed by atoms with Crippen molar-refractivity contribution in [1.82, 2.24) is 0 Å². The Morgan fingerprint density at radius 2 is 1.92 bits per heavy atom. The van der Waals surface area contributed by atoms with Crippen LogP contribution in [0.5, 0.6) is 0 Å². The molecule has 0 bridgehead atoms. The van der Waals surface area contributed by atoms with Crippen molar-refractivity contribution < 1.29 is 28.6 Å². The highest BCUT2D eigenvalue weighted by molar-refractivity contribution is 6.01. The summed E-state index contributed by atoms with van der Waals surface area (Å²) in [6, 6.07) is 0. The minimum Gasteiger partial charge on any atom is -0.400 e. The highest BCUT2D eigenvalue weighted by Gasteiger charge is 2.27. The monoisotopic (exact) mass is 198 g/mol. The van der Waals surface area contributed by atoms with Gasteiger partial charge in [0.2, 0.25) is 0 Å². The number of carbonyl (C=O) groups excluding carboxylic acids is 2. The van der Waals surface area contributed by atoms with E-state index in [9.17, 15) is 18.5 Å². The SMILES string of the molecule is CCCC(=O)C(F)C(=O)OF.CO. The fraction of sp³-hybridized carbons (Fsp3) is 0.714. The first-order valence-corrected chi connectivity index (χ1v) is 3.57. The molecule has 0 aliphatic carbocycles. The van der Waals surface area contributed by atoms with E-state index in [0.29, 0.717) is 6.42 Å². The van der Waals surface area contributed by atoms with Crippen LogP contribution in [0.25, 0.3) is 0 Å². The van der Waals surface area contributed by atoms with Gasteiger partial charge in [0.25, 0.3) is 6.17 Å². The third kappa shape index (κ3) is 6.15. The van der Waals surface area contributed by atoms with Crippen LogP contribution in [0.3, 0.4) is 0 Å². The van der Waals surface area contributed by atoms with Crippen LogP contribution < -0.4 is 0 Å². The summed E-state index contributed by atoms with van der Waals surface area (Å²) in [5, 5.41) is 7.00. The first-order chi connectivity index (χ1) is 6.13. The molecule has 0 rings (SSSR count). The Kier molecular flexibility index (Phi) is 10.1. The molecule has 1 atom stereocenters. The fourth-order valence-corrected chi connectivity index (χ4v) is 0.544. The Morgan fingerprint density at radius 3 is 2.23 bits per heavy atom. The summed E-state index contributed by atoms with van der Waals surface area (Å²) >= 11 is 0. The second-order valence-corrected chi connectivity index (χ2v) is 1.98. The number of hydrogen-bond donors (Lipinski definition) is 1. The Morgan fingerprint density at radius 1 is 1.46 bits per heavy atom. The molecule has 0 radical (unpaired) electrons. The lowest BCUT2D eigenvalue weighted by molar-refractivity contribution is -0.190. The molecule has 0 aromatic carbocycles. The van der Waals surface area contributed by atoms with Gasteiger partial charge in [0.15, 0.2) is 5.78 Å². The van der Waals surface area contributed by atoms with E-state index in [1.165, 1.54) is 0 Å². The molecular weight excluding hydrogens is 186 g/mol. The summed E-state index contributed by atoms with van der Waals surface area (Å²) in [5.74, 6) is -2.72. The summed E-state index contributed by atoms with van der Waals surface area (Å²) in [7, 11) is 1.00. The summed E-state index contributed by atoms with van der Waals surface area (Å²) in [6.07, 6.45) is -2.14. The second kappa shape index (κ2) is 9.05. The van der Waals surface area contributed by atoms with Gasteiger partial charge in [-0.25, -0.2) is 9.18 Å². The fourth-order valence-electron chi connectivity index (χ4n) is 0.544. The molecule has 0 heterocycles. The average Bonchev–Trinajstić information content (AvgIpc) is 2.19. The van der Waals surface area contributed by atoms with E-state index in [1.54, 1.807) is 6.92 Å². The number of alkyl halides is 1. The first-order valence-electron chi connectivity index (χ1n) is 3.57. The second-order valence-electron chi connectivity index (χ2n) is 1.98. The molecule has 0 aromatic rings. The van der Waals surface area contributed by atoms with Crippen molar-refractivity contribution in [3.8, 4) is 0 Å². The van der Waals surface area contributed by atoms with E-state index in [1.807, 2.05) is 0 Å². The highest BCUT2D eigenvalue weighted by atomic mass is 19.3. The summed E-state index contributed by atoms with van der Waals surface area (Å²) in [6.45, 7) is 1.64. The number of carbonyl (C=O) groups is 2. The van der Waals surface area contributed by atoms with Crippen molar-refractivity contribution in [2.24, 2.45) is 0 Å². The van der Waals surface area contributed by atoms with Crippen LogP contribution in [0, 0.1) is 0 Å². The molecule has 13 heavy (non-hydrogen) atoms. The van der Waals surface area contributed by atoms with Crippen molar-refractivity contribution >= 4 is 11.8 Å². The predicted molar refractivity (Wildman–Crippen MR) is 40.2 cm³/mol. The van der Waals surface area contributed by atoms with E-state index in [2.05, 4.69) is 4.94 Å². The third-order valence-electron chi connectivity index (χ3n) is 1.06. The van der Waals surface area contributed by atoms with Crippen molar-refractivity contribution in [1.29, 1.82) is 0 Å². The van der Waals surface area contributed by atoms with Gasteiger partial charge < -0.3 is 5.11 Å². The molecule has 0 spiro atoms. The molecule has 0 amide bonds. The molecular formula is C7H12F2O4. The van der Waals surface area contributed by atoms with E-state index in [-0.39, 0.29) is 6.42 Å². The van der Waals surface area contributed by atoms with Gasteiger partial charge in [-0.05, 0) is 6.42 Å². The van der Waals surface area contributed by atoms with Gasteiger partial charge in [-0.1, -0.05) is 6.92 Å². The Hall–Kier alpha value is -1.04. The summed E-state index contributed by atoms with van der Waals surface area (Å²) < 4.78 is 23.3. The van der Waals surface area contributed by atoms with E-state index < -0.39 is 17.9 Å². The molecule has 4 nitrogen and oxygen atoms in total. The molecule has 0 aliphatic heterocycles. The zero-order chi connectivity index (χ0) is 10.9. The van der Waals surface area contributed by atoms with Crippen molar-refractivity contribution in [3.63, 3.8) is 0 Å². The van der Waals surface area contributed by atoms with Gasteiger partial charge >= 0.3 is 5.97 Å². The van der Waals surface area contributed by atoms with E-state index >= 15 is 0 Å². The van der Waals surface area contributed by atoms with Crippen molar-refractivity contribution in [3.05, 3.63) is 0 Å². The van der Waals surface area contributed by atoms with Crippen LogP contribution >= 0.6 is 0 Å². The number of hydrogen-bond acceptors (Lipinski definition) is 4. The molecule has 0 saturated carbocycles. The summed E-state index contributed by atoms with van der Waals surface area (Å²) in [5.41, 5.74) is 0. The van der Waals surface area contributed by atoms with Gasteiger partial charge in [-0.2, -0.15) is 0 Å². The predicted octanol–water partition coefficient (Wildman–Crippen LogP) is 0.730. The number of rotatable bonds is 4. The Bertz CT molecular complexity index is 161. The molecule has 1 unspecified atom stereocenters. The lowest BCUT2D eigenvalue weighted by Gasteiger charge is -1.99. The number of aliphatic hydroxyl groups excluding tert-OH is 1. The maximum Gasteiger partial charge on any atom is 0.390 e. The zero-order valence-electron chi connectivity index (χ0n) is 7.42. The smallest absolute Gasteiger partial charge is 0.390 e. The molecule has 0 aliphatic rings.